The molecular weight excluding hydrogens is 370 g/mol. The first-order valence-electron chi connectivity index (χ1n) is 8.22. The third-order valence-corrected chi connectivity index (χ3v) is 3.96. The number of benzene rings is 2. The second kappa shape index (κ2) is 8.55. The van der Waals surface area contributed by atoms with E-state index >= 15 is 0 Å². The highest BCUT2D eigenvalue weighted by Gasteiger charge is 2.16. The smallest absolute Gasteiger partial charge is 0.261 e. The second-order valence-corrected chi connectivity index (χ2v) is 6.11. The topological polar surface area (TPSA) is 86.5 Å². The molecule has 1 amide bonds. The van der Waals surface area contributed by atoms with Crippen LogP contribution in [0.15, 0.2) is 53.1 Å². The van der Waals surface area contributed by atoms with Gasteiger partial charge in [-0.1, -0.05) is 28.9 Å². The zero-order valence-electron chi connectivity index (χ0n) is 14.8. The van der Waals surface area contributed by atoms with Gasteiger partial charge in [0.05, 0.1) is 13.7 Å². The van der Waals surface area contributed by atoms with E-state index in [9.17, 15) is 4.79 Å². The molecule has 1 heterocycles. The summed E-state index contributed by atoms with van der Waals surface area (Å²) in [5.74, 6) is 1.66. The Hall–Kier alpha value is -3.06. The average molecular weight is 388 g/mol. The Morgan fingerprint density at radius 1 is 1.22 bits per heavy atom. The van der Waals surface area contributed by atoms with Gasteiger partial charge in [0.25, 0.3) is 5.91 Å². The van der Waals surface area contributed by atoms with Crippen LogP contribution in [0.2, 0.25) is 5.02 Å². The Bertz CT molecular complexity index is 911. The molecular formula is C19H18ClN3O4. The standard InChI is InChI=1S/C19H18ClN3O4/c1-12(26-15-8-6-14(20)7-9-15)19(24)21-11-17-22-18(23-27-17)13-4-3-5-16(10-13)25-2/h3-10,12H,11H2,1-2H3,(H,21,24)/t12-/m1/s1. The molecule has 140 valence electrons. The molecule has 27 heavy (non-hydrogen) atoms. The quantitative estimate of drug-likeness (QED) is 0.667. The number of carbonyl (C=O) groups is 1. The average Bonchev–Trinajstić information content (AvgIpc) is 3.17. The first-order chi connectivity index (χ1) is 13.0. The van der Waals surface area contributed by atoms with Crippen LogP contribution in [-0.4, -0.2) is 29.3 Å². The van der Waals surface area contributed by atoms with E-state index in [0.717, 1.165) is 5.56 Å². The van der Waals surface area contributed by atoms with Crippen molar-refractivity contribution in [2.24, 2.45) is 0 Å². The molecule has 0 radical (unpaired) electrons. The lowest BCUT2D eigenvalue weighted by Crippen LogP contribution is -2.35. The fourth-order valence-corrected chi connectivity index (χ4v) is 2.41. The molecule has 0 aliphatic heterocycles. The largest absolute Gasteiger partial charge is 0.497 e. The van der Waals surface area contributed by atoms with E-state index < -0.39 is 6.10 Å². The van der Waals surface area contributed by atoms with E-state index in [1.54, 1.807) is 44.4 Å². The van der Waals surface area contributed by atoms with Crippen molar-refractivity contribution >= 4 is 17.5 Å². The number of aromatic nitrogens is 2. The lowest BCUT2D eigenvalue weighted by Gasteiger charge is -2.13. The van der Waals surface area contributed by atoms with Gasteiger partial charge < -0.3 is 19.3 Å². The molecule has 0 saturated heterocycles. The number of nitrogens with one attached hydrogen (secondary N) is 1. The maximum atomic E-state index is 12.2. The minimum atomic E-state index is -0.688. The van der Waals surface area contributed by atoms with Gasteiger partial charge in [-0.15, -0.1) is 0 Å². The van der Waals surface area contributed by atoms with Gasteiger partial charge in [-0.3, -0.25) is 4.79 Å². The SMILES string of the molecule is COc1cccc(-c2noc(CNC(=O)[C@@H](C)Oc3ccc(Cl)cc3)n2)c1. The van der Waals surface area contributed by atoms with Crippen LogP contribution in [0.1, 0.15) is 12.8 Å². The second-order valence-electron chi connectivity index (χ2n) is 5.68. The van der Waals surface area contributed by atoms with Gasteiger partial charge in [0.1, 0.15) is 11.5 Å². The van der Waals surface area contributed by atoms with E-state index in [1.165, 1.54) is 0 Å². The zero-order valence-corrected chi connectivity index (χ0v) is 15.6. The third kappa shape index (κ3) is 4.98. The van der Waals surface area contributed by atoms with Crippen molar-refractivity contribution in [2.45, 2.75) is 19.6 Å². The summed E-state index contributed by atoms with van der Waals surface area (Å²) in [5.41, 5.74) is 0.759. The maximum Gasteiger partial charge on any atom is 0.261 e. The van der Waals surface area contributed by atoms with E-state index in [0.29, 0.717) is 28.2 Å². The fraction of sp³-hybridized carbons (Fsp3) is 0.211. The van der Waals surface area contributed by atoms with Crippen molar-refractivity contribution in [1.82, 2.24) is 15.5 Å². The minimum Gasteiger partial charge on any atom is -0.497 e. The van der Waals surface area contributed by atoms with Gasteiger partial charge in [0, 0.05) is 10.6 Å². The Kier molecular flexibility index (Phi) is 5.93. The van der Waals surface area contributed by atoms with Gasteiger partial charge >= 0.3 is 0 Å². The first-order valence-corrected chi connectivity index (χ1v) is 8.60. The summed E-state index contributed by atoms with van der Waals surface area (Å²) in [6, 6.07) is 14.1. The molecule has 0 unspecified atom stereocenters. The number of halogens is 1. The molecule has 2 aromatic carbocycles. The number of rotatable bonds is 7. The predicted molar refractivity (Wildman–Crippen MR) is 99.7 cm³/mol. The van der Waals surface area contributed by atoms with Crippen LogP contribution >= 0.6 is 11.6 Å². The van der Waals surface area contributed by atoms with Gasteiger partial charge in [-0.05, 0) is 43.3 Å². The molecule has 1 N–H and O–H groups in total. The van der Waals surface area contributed by atoms with Gasteiger partial charge in [-0.25, -0.2) is 0 Å². The van der Waals surface area contributed by atoms with Gasteiger partial charge in [0.2, 0.25) is 11.7 Å². The minimum absolute atomic E-state index is 0.101. The molecule has 0 spiro atoms. The molecule has 1 atom stereocenters. The fourth-order valence-electron chi connectivity index (χ4n) is 2.28. The summed E-state index contributed by atoms with van der Waals surface area (Å²) in [4.78, 5) is 16.5. The van der Waals surface area contributed by atoms with Crippen LogP contribution in [0.4, 0.5) is 0 Å². The number of nitrogens with zero attached hydrogens (tertiary/aromatic N) is 2. The lowest BCUT2D eigenvalue weighted by atomic mass is 10.2. The van der Waals surface area contributed by atoms with Gasteiger partial charge in [0.15, 0.2) is 6.10 Å². The molecule has 0 fully saturated rings. The lowest BCUT2D eigenvalue weighted by molar-refractivity contribution is -0.127. The van der Waals surface area contributed by atoms with Crippen LogP contribution in [-0.2, 0) is 11.3 Å². The zero-order chi connectivity index (χ0) is 19.2. The molecule has 0 saturated carbocycles. The number of amides is 1. The van der Waals surface area contributed by atoms with Gasteiger partial charge in [-0.2, -0.15) is 4.98 Å². The highest BCUT2D eigenvalue weighted by Crippen LogP contribution is 2.21. The van der Waals surface area contributed by atoms with Crippen molar-refractivity contribution in [3.63, 3.8) is 0 Å². The van der Waals surface area contributed by atoms with Crippen LogP contribution in [0.3, 0.4) is 0 Å². The van der Waals surface area contributed by atoms with Crippen molar-refractivity contribution in [2.75, 3.05) is 7.11 Å². The van der Waals surface area contributed by atoms with Crippen molar-refractivity contribution in [1.29, 1.82) is 0 Å². The monoisotopic (exact) mass is 387 g/mol. The summed E-state index contributed by atoms with van der Waals surface area (Å²) in [6.45, 7) is 1.75. The molecule has 3 rings (SSSR count). The highest BCUT2D eigenvalue weighted by atomic mass is 35.5. The highest BCUT2D eigenvalue weighted by molar-refractivity contribution is 6.30. The third-order valence-electron chi connectivity index (χ3n) is 3.71. The summed E-state index contributed by atoms with van der Waals surface area (Å²) >= 11 is 5.83. The normalized spacial score (nSPS) is 11.7. The molecule has 0 bridgehead atoms. The molecule has 8 heteroatoms. The van der Waals surface area contributed by atoms with Crippen molar-refractivity contribution < 1.29 is 18.8 Å². The van der Waals surface area contributed by atoms with Crippen LogP contribution in [0.25, 0.3) is 11.4 Å². The van der Waals surface area contributed by atoms with E-state index in [1.807, 2.05) is 18.2 Å². The van der Waals surface area contributed by atoms with E-state index in [-0.39, 0.29) is 12.5 Å². The summed E-state index contributed by atoms with van der Waals surface area (Å²) in [5, 5.41) is 7.23. The number of hydrogen-bond donors (Lipinski definition) is 1. The molecule has 0 aliphatic carbocycles. The van der Waals surface area contributed by atoms with Crippen LogP contribution in [0, 0.1) is 0 Å². The summed E-state index contributed by atoms with van der Waals surface area (Å²) in [6.07, 6.45) is -0.688. The number of hydrogen-bond acceptors (Lipinski definition) is 6. The Balaban J connectivity index is 1.55. The number of ether oxygens (including phenoxy) is 2. The Morgan fingerprint density at radius 2 is 2.00 bits per heavy atom. The summed E-state index contributed by atoms with van der Waals surface area (Å²) < 4.78 is 15.9. The van der Waals surface area contributed by atoms with Crippen molar-refractivity contribution in [3.05, 3.63) is 59.4 Å². The Morgan fingerprint density at radius 3 is 2.74 bits per heavy atom. The number of methoxy groups -OCH3 is 1. The summed E-state index contributed by atoms with van der Waals surface area (Å²) in [7, 11) is 1.59. The molecule has 1 aromatic heterocycles. The molecule has 7 nitrogen and oxygen atoms in total. The molecule has 3 aromatic rings. The predicted octanol–water partition coefficient (Wildman–Crippen LogP) is 3.48. The number of carbonyl (C=O) groups excluding carboxylic acids is 1. The first kappa shape index (κ1) is 18.7. The molecule has 0 aliphatic rings. The Labute approximate surface area is 161 Å². The van der Waals surface area contributed by atoms with E-state index in [4.69, 9.17) is 25.6 Å². The van der Waals surface area contributed by atoms with Crippen LogP contribution in [0.5, 0.6) is 11.5 Å². The van der Waals surface area contributed by atoms with E-state index in [2.05, 4.69) is 15.5 Å². The maximum absolute atomic E-state index is 12.2. The van der Waals surface area contributed by atoms with Crippen LogP contribution < -0.4 is 14.8 Å². The van der Waals surface area contributed by atoms with Crippen molar-refractivity contribution in [3.8, 4) is 22.9 Å².